The van der Waals surface area contributed by atoms with E-state index in [9.17, 15) is 5.11 Å². The zero-order chi connectivity index (χ0) is 15.4. The lowest BCUT2D eigenvalue weighted by molar-refractivity contribution is 0.178. The van der Waals surface area contributed by atoms with Gasteiger partial charge < -0.3 is 20.3 Å². The fourth-order valence-electron chi connectivity index (χ4n) is 2.36. The Morgan fingerprint density at radius 3 is 2.52 bits per heavy atom. The number of aliphatic hydroxyl groups is 1. The first-order valence-corrected chi connectivity index (χ1v) is 6.66. The molecular formula is C16H20N2O3. The van der Waals surface area contributed by atoms with Crippen LogP contribution in [0.25, 0.3) is 0 Å². The molecule has 1 atom stereocenters. The average Bonchev–Trinajstić information content (AvgIpc) is 2.46. The number of aliphatic hydroxyl groups excluding tert-OH is 1. The number of aryl methyl sites for hydroxylation is 1. The lowest BCUT2D eigenvalue weighted by Gasteiger charge is -2.16. The van der Waals surface area contributed by atoms with Crippen molar-refractivity contribution in [2.24, 2.45) is 0 Å². The summed E-state index contributed by atoms with van der Waals surface area (Å²) in [6.07, 6.45) is 1.35. The molecule has 0 aliphatic heterocycles. The third-order valence-electron chi connectivity index (χ3n) is 3.45. The van der Waals surface area contributed by atoms with E-state index in [1.807, 2.05) is 31.2 Å². The predicted molar refractivity (Wildman–Crippen MR) is 81.6 cm³/mol. The van der Waals surface area contributed by atoms with Gasteiger partial charge in [-0.15, -0.1) is 0 Å². The third-order valence-corrected chi connectivity index (χ3v) is 3.45. The van der Waals surface area contributed by atoms with Crippen LogP contribution in [0.15, 0.2) is 30.5 Å². The second-order valence-corrected chi connectivity index (χ2v) is 4.84. The topological polar surface area (TPSA) is 77.6 Å². The molecule has 0 radical (unpaired) electrons. The molecule has 1 heterocycles. The largest absolute Gasteiger partial charge is 0.493 e. The molecule has 1 unspecified atom stereocenters. The number of rotatable bonds is 5. The number of methoxy groups -OCH3 is 2. The minimum atomic E-state index is -0.711. The number of aromatic nitrogens is 1. The van der Waals surface area contributed by atoms with E-state index >= 15 is 0 Å². The van der Waals surface area contributed by atoms with Crippen molar-refractivity contribution >= 4 is 5.82 Å². The number of pyridine rings is 1. The van der Waals surface area contributed by atoms with Crippen LogP contribution in [0.3, 0.4) is 0 Å². The highest BCUT2D eigenvalue weighted by Gasteiger charge is 2.16. The zero-order valence-corrected chi connectivity index (χ0v) is 12.5. The first-order valence-electron chi connectivity index (χ1n) is 6.66. The fourth-order valence-corrected chi connectivity index (χ4v) is 2.36. The molecule has 1 aromatic heterocycles. The van der Waals surface area contributed by atoms with Gasteiger partial charge in [0.25, 0.3) is 0 Å². The van der Waals surface area contributed by atoms with E-state index in [1.54, 1.807) is 20.4 Å². The molecule has 0 fully saturated rings. The third kappa shape index (κ3) is 3.25. The Kier molecular flexibility index (Phi) is 4.65. The SMILES string of the molecule is COc1ccc(CC(O)c2c(C)ccnc2N)cc1OC. The van der Waals surface area contributed by atoms with Crippen LogP contribution in [-0.2, 0) is 6.42 Å². The Labute approximate surface area is 124 Å². The minimum absolute atomic E-state index is 0.364. The molecule has 5 heteroatoms. The molecular weight excluding hydrogens is 268 g/mol. The Morgan fingerprint density at radius 1 is 1.19 bits per heavy atom. The monoisotopic (exact) mass is 288 g/mol. The summed E-state index contributed by atoms with van der Waals surface area (Å²) in [5.74, 6) is 1.66. The molecule has 0 amide bonds. The van der Waals surface area contributed by atoms with Gasteiger partial charge in [0.05, 0.1) is 20.3 Å². The first-order chi connectivity index (χ1) is 10.1. The zero-order valence-electron chi connectivity index (χ0n) is 12.5. The van der Waals surface area contributed by atoms with Crippen molar-refractivity contribution < 1.29 is 14.6 Å². The van der Waals surface area contributed by atoms with Crippen molar-refractivity contribution in [3.8, 4) is 11.5 Å². The molecule has 2 aromatic rings. The Balaban J connectivity index is 2.25. The molecule has 0 saturated heterocycles. The molecule has 0 aliphatic rings. The molecule has 2 rings (SSSR count). The highest BCUT2D eigenvalue weighted by atomic mass is 16.5. The van der Waals surface area contributed by atoms with E-state index in [0.29, 0.717) is 29.3 Å². The van der Waals surface area contributed by atoms with Crippen LogP contribution in [0, 0.1) is 6.92 Å². The van der Waals surface area contributed by atoms with E-state index in [1.165, 1.54) is 0 Å². The molecule has 0 spiro atoms. The summed E-state index contributed by atoms with van der Waals surface area (Å²) in [5.41, 5.74) is 8.39. The normalized spacial score (nSPS) is 12.0. The molecule has 0 saturated carbocycles. The summed E-state index contributed by atoms with van der Waals surface area (Å²) in [7, 11) is 3.17. The van der Waals surface area contributed by atoms with Gasteiger partial charge in [0.1, 0.15) is 5.82 Å². The first kappa shape index (κ1) is 15.1. The van der Waals surface area contributed by atoms with E-state index in [4.69, 9.17) is 15.2 Å². The fraction of sp³-hybridized carbons (Fsp3) is 0.312. The number of nitrogens with two attached hydrogens (primary N) is 1. The van der Waals surface area contributed by atoms with E-state index in [2.05, 4.69) is 4.98 Å². The molecule has 21 heavy (non-hydrogen) atoms. The summed E-state index contributed by atoms with van der Waals surface area (Å²) in [6, 6.07) is 7.40. The molecule has 1 aromatic carbocycles. The van der Waals surface area contributed by atoms with Gasteiger partial charge in [-0.25, -0.2) is 4.98 Å². The van der Waals surface area contributed by atoms with Crippen molar-refractivity contribution in [1.82, 2.24) is 4.98 Å². The van der Waals surface area contributed by atoms with Gasteiger partial charge in [-0.05, 0) is 36.2 Å². The summed E-state index contributed by atoms with van der Waals surface area (Å²) >= 11 is 0. The van der Waals surface area contributed by atoms with Crippen molar-refractivity contribution in [2.75, 3.05) is 20.0 Å². The summed E-state index contributed by atoms with van der Waals surface area (Å²) in [4.78, 5) is 4.04. The quantitative estimate of drug-likeness (QED) is 0.882. The van der Waals surface area contributed by atoms with Crippen LogP contribution in [0.1, 0.15) is 22.8 Å². The molecule has 112 valence electrons. The van der Waals surface area contributed by atoms with Gasteiger partial charge in [0, 0.05) is 18.2 Å². The van der Waals surface area contributed by atoms with Gasteiger partial charge in [0.2, 0.25) is 0 Å². The van der Waals surface area contributed by atoms with Gasteiger partial charge in [-0.3, -0.25) is 0 Å². The number of hydrogen-bond donors (Lipinski definition) is 2. The smallest absolute Gasteiger partial charge is 0.160 e. The second kappa shape index (κ2) is 6.45. The Morgan fingerprint density at radius 2 is 1.90 bits per heavy atom. The van der Waals surface area contributed by atoms with Crippen LogP contribution in [0.5, 0.6) is 11.5 Å². The van der Waals surface area contributed by atoms with Crippen LogP contribution in [-0.4, -0.2) is 24.3 Å². The minimum Gasteiger partial charge on any atom is -0.493 e. The number of nitrogen functional groups attached to an aromatic ring is 1. The van der Waals surface area contributed by atoms with Gasteiger partial charge in [0.15, 0.2) is 11.5 Å². The summed E-state index contributed by atoms with van der Waals surface area (Å²) in [5, 5.41) is 10.4. The van der Waals surface area contributed by atoms with Crippen LogP contribution in [0.2, 0.25) is 0 Å². The van der Waals surface area contributed by atoms with Crippen LogP contribution in [0.4, 0.5) is 5.82 Å². The Bertz CT molecular complexity index is 609. The Hall–Kier alpha value is -2.27. The molecule has 3 N–H and O–H groups in total. The van der Waals surface area contributed by atoms with E-state index in [0.717, 1.165) is 11.1 Å². The number of benzene rings is 1. The van der Waals surface area contributed by atoms with Gasteiger partial charge >= 0.3 is 0 Å². The molecule has 0 bridgehead atoms. The number of hydrogen-bond acceptors (Lipinski definition) is 5. The summed E-state index contributed by atoms with van der Waals surface area (Å²) in [6.45, 7) is 1.91. The maximum absolute atomic E-state index is 10.4. The number of ether oxygens (including phenoxy) is 2. The molecule has 5 nitrogen and oxygen atoms in total. The standard InChI is InChI=1S/C16H20N2O3/c1-10-6-7-18-16(17)15(10)12(19)8-11-4-5-13(20-2)14(9-11)21-3/h4-7,9,12,19H,8H2,1-3H3,(H2,17,18). The van der Waals surface area contributed by atoms with E-state index < -0.39 is 6.10 Å². The van der Waals surface area contributed by atoms with Gasteiger partial charge in [-0.1, -0.05) is 6.07 Å². The van der Waals surface area contributed by atoms with Crippen LogP contribution >= 0.6 is 0 Å². The maximum Gasteiger partial charge on any atom is 0.160 e. The van der Waals surface area contributed by atoms with E-state index in [-0.39, 0.29) is 0 Å². The second-order valence-electron chi connectivity index (χ2n) is 4.84. The van der Waals surface area contributed by atoms with Crippen molar-refractivity contribution in [3.63, 3.8) is 0 Å². The highest BCUT2D eigenvalue weighted by molar-refractivity contribution is 5.47. The lowest BCUT2D eigenvalue weighted by atomic mass is 9.98. The average molecular weight is 288 g/mol. The number of anilines is 1. The molecule has 0 aliphatic carbocycles. The van der Waals surface area contributed by atoms with Crippen LogP contribution < -0.4 is 15.2 Å². The van der Waals surface area contributed by atoms with Crippen molar-refractivity contribution in [2.45, 2.75) is 19.4 Å². The van der Waals surface area contributed by atoms with Crippen molar-refractivity contribution in [3.05, 3.63) is 47.2 Å². The number of nitrogens with zero attached hydrogens (tertiary/aromatic N) is 1. The predicted octanol–water partition coefficient (Wildman–Crippen LogP) is 2.27. The highest BCUT2D eigenvalue weighted by Crippen LogP contribution is 2.31. The van der Waals surface area contributed by atoms with Crippen molar-refractivity contribution in [1.29, 1.82) is 0 Å². The lowest BCUT2D eigenvalue weighted by Crippen LogP contribution is -2.09. The maximum atomic E-state index is 10.4. The summed E-state index contributed by atoms with van der Waals surface area (Å²) < 4.78 is 10.5. The van der Waals surface area contributed by atoms with Gasteiger partial charge in [-0.2, -0.15) is 0 Å².